The highest BCUT2D eigenvalue weighted by Crippen LogP contribution is 2.68. The van der Waals surface area contributed by atoms with E-state index < -0.39 is 21.8 Å². The Morgan fingerprint density at radius 2 is 1.60 bits per heavy atom. The van der Waals surface area contributed by atoms with E-state index in [0.717, 1.165) is 12.0 Å². The van der Waals surface area contributed by atoms with Crippen LogP contribution in [0.2, 0.25) is 0 Å². The summed E-state index contributed by atoms with van der Waals surface area (Å²) >= 11 is 0. The number of rotatable bonds is 9. The Morgan fingerprint density at radius 1 is 0.976 bits per heavy atom. The number of allylic oxidation sites excluding steroid dienone is 7. The maximum atomic E-state index is 15.2. The summed E-state index contributed by atoms with van der Waals surface area (Å²) < 4.78 is 6.62. The second-order valence-corrected chi connectivity index (χ2v) is 14.4. The van der Waals surface area contributed by atoms with Gasteiger partial charge in [-0.25, -0.2) is 0 Å². The first-order valence-corrected chi connectivity index (χ1v) is 15.3. The highest BCUT2D eigenvalue weighted by Gasteiger charge is 2.73. The van der Waals surface area contributed by atoms with Gasteiger partial charge in [-0.15, -0.1) is 0 Å². The van der Waals surface area contributed by atoms with Crippen LogP contribution in [-0.2, 0) is 14.3 Å². The summed E-state index contributed by atoms with van der Waals surface area (Å²) in [4.78, 5) is 44.7. The number of hydrogen-bond donors (Lipinski definition) is 0. The molecule has 1 aliphatic heterocycles. The van der Waals surface area contributed by atoms with E-state index in [0.29, 0.717) is 24.8 Å². The van der Waals surface area contributed by atoms with Gasteiger partial charge in [-0.1, -0.05) is 85.7 Å². The van der Waals surface area contributed by atoms with E-state index in [4.69, 9.17) is 4.74 Å². The fourth-order valence-corrected chi connectivity index (χ4v) is 7.23. The van der Waals surface area contributed by atoms with Crippen LogP contribution in [0.3, 0.4) is 0 Å². The molecule has 1 aromatic carbocycles. The smallest absolute Gasteiger partial charge is 0.200 e. The summed E-state index contributed by atoms with van der Waals surface area (Å²) in [5, 5.41) is 0. The number of carbonyl (C=O) groups excluding carboxylic acids is 3. The molecule has 0 radical (unpaired) electrons. The van der Waals surface area contributed by atoms with Crippen molar-refractivity contribution < 1.29 is 19.1 Å². The minimum absolute atomic E-state index is 0.00103. The van der Waals surface area contributed by atoms with Crippen LogP contribution in [0.25, 0.3) is 0 Å². The van der Waals surface area contributed by atoms with Gasteiger partial charge >= 0.3 is 0 Å². The quantitative estimate of drug-likeness (QED) is 0.129. The van der Waals surface area contributed by atoms with Crippen molar-refractivity contribution in [3.63, 3.8) is 0 Å². The molecule has 224 valence electrons. The zero-order valence-corrected chi connectivity index (χ0v) is 27.0. The molecule has 1 spiro atoms. The molecule has 0 saturated heterocycles. The van der Waals surface area contributed by atoms with Crippen molar-refractivity contribution in [1.82, 2.24) is 0 Å². The molecule has 2 aliphatic carbocycles. The largest absolute Gasteiger partial charge is 0.486 e. The average Bonchev–Trinajstić information content (AvgIpc) is 2.90. The maximum absolute atomic E-state index is 15.2. The van der Waals surface area contributed by atoms with Crippen LogP contribution < -0.4 is 0 Å². The van der Waals surface area contributed by atoms with Crippen LogP contribution in [0.15, 0.2) is 89.3 Å². The van der Waals surface area contributed by atoms with Gasteiger partial charge in [0, 0.05) is 5.56 Å². The number of fused-ring (bicyclic) bond motifs is 1. The molecule has 4 rings (SSSR count). The number of hydrogen-bond acceptors (Lipinski definition) is 4. The van der Waals surface area contributed by atoms with Gasteiger partial charge < -0.3 is 4.74 Å². The van der Waals surface area contributed by atoms with Crippen molar-refractivity contribution in [2.45, 2.75) is 93.6 Å². The first-order chi connectivity index (χ1) is 19.5. The molecule has 1 saturated carbocycles. The van der Waals surface area contributed by atoms with Crippen LogP contribution in [0.4, 0.5) is 0 Å². The molecule has 4 nitrogen and oxygen atoms in total. The Hall–Kier alpha value is -3.27. The lowest BCUT2D eigenvalue weighted by Gasteiger charge is -2.62. The van der Waals surface area contributed by atoms with E-state index in [1.807, 2.05) is 39.0 Å². The lowest BCUT2D eigenvalue weighted by atomic mass is 9.40. The third-order valence-corrected chi connectivity index (χ3v) is 9.95. The second-order valence-electron chi connectivity index (χ2n) is 14.4. The summed E-state index contributed by atoms with van der Waals surface area (Å²) in [6, 6.07) is 8.90. The minimum atomic E-state index is -1.37. The first-order valence-electron chi connectivity index (χ1n) is 15.3. The van der Waals surface area contributed by atoms with E-state index in [9.17, 15) is 4.79 Å². The molecular weight excluding hydrogens is 520 g/mol. The monoisotopic (exact) mass is 568 g/mol. The zero-order valence-electron chi connectivity index (χ0n) is 27.0. The molecule has 4 heteroatoms. The van der Waals surface area contributed by atoms with Crippen molar-refractivity contribution in [2.75, 3.05) is 0 Å². The van der Waals surface area contributed by atoms with Crippen molar-refractivity contribution in [1.29, 1.82) is 0 Å². The van der Waals surface area contributed by atoms with Crippen molar-refractivity contribution in [2.24, 2.45) is 28.1 Å². The fraction of sp³-hybridized carbons (Fsp3) is 0.500. The third kappa shape index (κ3) is 5.12. The average molecular weight is 569 g/mol. The molecule has 0 N–H and O–H groups in total. The summed E-state index contributed by atoms with van der Waals surface area (Å²) in [5.41, 5.74) is -0.254. The summed E-state index contributed by atoms with van der Waals surface area (Å²) in [6.45, 7) is 22.5. The Morgan fingerprint density at radius 3 is 2.17 bits per heavy atom. The lowest BCUT2D eigenvalue weighted by Crippen LogP contribution is -2.67. The van der Waals surface area contributed by atoms with Gasteiger partial charge in [-0.05, 0) is 97.5 Å². The van der Waals surface area contributed by atoms with Gasteiger partial charge in [0.15, 0.2) is 17.3 Å². The molecule has 1 aromatic rings. The molecule has 0 amide bonds. The van der Waals surface area contributed by atoms with Crippen LogP contribution in [0.5, 0.6) is 0 Å². The topological polar surface area (TPSA) is 60.4 Å². The summed E-state index contributed by atoms with van der Waals surface area (Å²) in [5.74, 6) is -0.751. The maximum Gasteiger partial charge on any atom is 0.200 e. The van der Waals surface area contributed by atoms with E-state index in [1.54, 1.807) is 24.3 Å². The third-order valence-electron chi connectivity index (χ3n) is 9.95. The standard InChI is InChI=1S/C38H48O4/c1-24(2)16-18-28(26(5)6)22-37-23-29(19-17-25(3)4)36(9,10)38(34(37)41)21-20-35(7,8)42-33(38)30(32(37)40)31(39)27-14-12-11-13-15-27/h11-17,20-21,28-29H,5,18-19,22-23H2,1-4,6-10H3/t28-,29+,37-,38-/m0/s1. The first kappa shape index (κ1) is 31.7. The van der Waals surface area contributed by atoms with E-state index in [-0.39, 0.29) is 40.5 Å². The molecule has 4 atom stereocenters. The molecule has 3 aliphatic rings. The SMILES string of the molecule is C=C(C)[C@@H](CC=C(C)C)C[C@]12C[C@@H](CC=C(C)C)C(C)(C)[C@]3(C=CC(C)(C)OC3=C(C(=O)c3ccccc3)C1=O)C2=O. The zero-order chi connectivity index (χ0) is 31.3. The fourth-order valence-electron chi connectivity index (χ4n) is 7.23. The van der Waals surface area contributed by atoms with Gasteiger partial charge in [0.05, 0.1) is 5.41 Å². The predicted molar refractivity (Wildman–Crippen MR) is 170 cm³/mol. The highest BCUT2D eigenvalue weighted by atomic mass is 16.5. The number of benzene rings is 1. The Balaban J connectivity index is 2.07. The van der Waals surface area contributed by atoms with Crippen LogP contribution in [0.1, 0.15) is 98.4 Å². The lowest BCUT2D eigenvalue weighted by molar-refractivity contribution is -0.170. The highest BCUT2D eigenvalue weighted by molar-refractivity contribution is 6.35. The number of carbonyl (C=O) groups is 3. The molecule has 0 aromatic heterocycles. The molecule has 42 heavy (non-hydrogen) atoms. The number of Topliss-reactive ketones (excluding diaryl/α,β-unsaturated/α-hetero) is 3. The van der Waals surface area contributed by atoms with Gasteiger partial charge in [0.1, 0.15) is 22.3 Å². The van der Waals surface area contributed by atoms with Gasteiger partial charge in [0.2, 0.25) is 0 Å². The molecule has 1 heterocycles. The predicted octanol–water partition coefficient (Wildman–Crippen LogP) is 8.95. The summed E-state index contributed by atoms with van der Waals surface area (Å²) in [6.07, 6.45) is 10.4. The molecule has 2 bridgehead atoms. The van der Waals surface area contributed by atoms with Crippen molar-refractivity contribution >= 4 is 17.3 Å². The summed E-state index contributed by atoms with van der Waals surface area (Å²) in [7, 11) is 0. The molecule has 0 unspecified atom stereocenters. The minimum Gasteiger partial charge on any atom is -0.486 e. The van der Waals surface area contributed by atoms with E-state index in [1.165, 1.54) is 11.1 Å². The van der Waals surface area contributed by atoms with Crippen LogP contribution in [-0.4, -0.2) is 23.0 Å². The number of ether oxygens (including phenoxy) is 1. The van der Waals surface area contributed by atoms with Gasteiger partial charge in [0.25, 0.3) is 0 Å². The Kier molecular flexibility index (Phi) is 8.36. The van der Waals surface area contributed by atoms with Gasteiger partial charge in [-0.2, -0.15) is 0 Å². The van der Waals surface area contributed by atoms with Crippen molar-refractivity contribution in [3.05, 3.63) is 94.8 Å². The van der Waals surface area contributed by atoms with E-state index >= 15 is 9.59 Å². The second kappa shape index (κ2) is 11.1. The van der Waals surface area contributed by atoms with E-state index in [2.05, 4.69) is 60.3 Å². The van der Waals surface area contributed by atoms with Crippen molar-refractivity contribution in [3.8, 4) is 0 Å². The van der Waals surface area contributed by atoms with Gasteiger partial charge in [-0.3, -0.25) is 14.4 Å². The molecular formula is C38H48O4. The normalized spacial score (nSPS) is 27.9. The number of ketones is 3. The van der Waals surface area contributed by atoms with Crippen LogP contribution in [0, 0.1) is 28.1 Å². The Labute approximate surface area is 252 Å². The Bertz CT molecular complexity index is 1420. The molecule has 1 fully saturated rings. The van der Waals surface area contributed by atoms with Crippen LogP contribution >= 0.6 is 0 Å².